The first-order chi connectivity index (χ1) is 11.9. The van der Waals surface area contributed by atoms with Crippen molar-refractivity contribution in [3.63, 3.8) is 0 Å². The van der Waals surface area contributed by atoms with Crippen molar-refractivity contribution < 1.29 is 13.2 Å². The maximum atomic E-state index is 12.4. The Kier molecular flexibility index (Phi) is 6.83. The highest BCUT2D eigenvalue weighted by Gasteiger charge is 2.26. The lowest BCUT2D eigenvalue weighted by atomic mass is 10.2. The molecule has 0 saturated carbocycles. The Labute approximate surface area is 149 Å². The predicted molar refractivity (Wildman–Crippen MR) is 100 cm³/mol. The number of carbonyl (C=O) groups excluding carboxylic acids is 1. The van der Waals surface area contributed by atoms with Gasteiger partial charge in [-0.25, -0.2) is 13.2 Å². The number of urea groups is 1. The van der Waals surface area contributed by atoms with Gasteiger partial charge in [0.1, 0.15) is 0 Å². The van der Waals surface area contributed by atoms with Crippen LogP contribution in [0.5, 0.6) is 0 Å². The van der Waals surface area contributed by atoms with Gasteiger partial charge < -0.3 is 15.5 Å². The monoisotopic (exact) mass is 366 g/mol. The van der Waals surface area contributed by atoms with E-state index < -0.39 is 10.0 Å². The first kappa shape index (κ1) is 19.3. The van der Waals surface area contributed by atoms with E-state index >= 15 is 0 Å². The van der Waals surface area contributed by atoms with Gasteiger partial charge in [-0.15, -0.1) is 6.58 Å². The Hall–Kier alpha value is -2.06. The Morgan fingerprint density at radius 3 is 2.60 bits per heavy atom. The smallest absolute Gasteiger partial charge is 0.315 e. The number of hydrogen-bond donors (Lipinski definition) is 2. The largest absolute Gasteiger partial charge is 0.369 e. The quantitative estimate of drug-likeness (QED) is 0.704. The number of amides is 2. The molecule has 1 aliphatic rings. The van der Waals surface area contributed by atoms with Crippen LogP contribution in [0.3, 0.4) is 0 Å². The van der Waals surface area contributed by atoms with Crippen molar-refractivity contribution >= 4 is 21.7 Å². The van der Waals surface area contributed by atoms with Gasteiger partial charge >= 0.3 is 6.03 Å². The molecule has 8 heteroatoms. The number of piperazine rings is 1. The molecule has 0 radical (unpaired) electrons. The van der Waals surface area contributed by atoms with Crippen LogP contribution in [0.25, 0.3) is 0 Å². The lowest BCUT2D eigenvalue weighted by molar-refractivity contribution is 0.242. The molecule has 0 aromatic heterocycles. The van der Waals surface area contributed by atoms with Crippen molar-refractivity contribution in [2.24, 2.45) is 0 Å². The number of sulfonamides is 1. The molecule has 0 bridgehead atoms. The zero-order valence-corrected chi connectivity index (χ0v) is 15.4. The normalized spacial score (nSPS) is 15.6. The molecule has 25 heavy (non-hydrogen) atoms. The van der Waals surface area contributed by atoms with E-state index in [4.69, 9.17) is 0 Å². The third kappa shape index (κ3) is 5.75. The van der Waals surface area contributed by atoms with E-state index in [-0.39, 0.29) is 18.3 Å². The van der Waals surface area contributed by atoms with Crippen LogP contribution >= 0.6 is 0 Å². The number of aryl methyl sites for hydroxylation is 1. The van der Waals surface area contributed by atoms with E-state index in [9.17, 15) is 13.2 Å². The molecular formula is C17H26N4O3S. The first-order valence-electron chi connectivity index (χ1n) is 8.34. The molecule has 1 heterocycles. The molecule has 0 atom stereocenters. The lowest BCUT2D eigenvalue weighted by Gasteiger charge is -2.35. The summed E-state index contributed by atoms with van der Waals surface area (Å²) in [5.41, 5.74) is 2.31. The average Bonchev–Trinajstić information content (AvgIpc) is 2.60. The van der Waals surface area contributed by atoms with E-state index in [2.05, 4.69) is 28.2 Å². The van der Waals surface area contributed by atoms with Crippen molar-refractivity contribution in [1.29, 1.82) is 0 Å². The maximum Gasteiger partial charge on any atom is 0.315 e. The zero-order valence-electron chi connectivity index (χ0n) is 14.6. The van der Waals surface area contributed by atoms with Gasteiger partial charge in [0.05, 0.1) is 5.75 Å². The summed E-state index contributed by atoms with van der Waals surface area (Å²) in [6.45, 7) is 8.21. The molecule has 1 fully saturated rings. The Morgan fingerprint density at radius 1 is 1.24 bits per heavy atom. The number of hydrogen-bond acceptors (Lipinski definition) is 4. The summed E-state index contributed by atoms with van der Waals surface area (Å²) in [5.74, 6) is -0.0983. The summed E-state index contributed by atoms with van der Waals surface area (Å²) in [7, 11) is -3.37. The van der Waals surface area contributed by atoms with Crippen molar-refractivity contribution in [1.82, 2.24) is 14.9 Å². The van der Waals surface area contributed by atoms with E-state index in [1.54, 1.807) is 6.08 Å². The summed E-state index contributed by atoms with van der Waals surface area (Å²) in [4.78, 5) is 13.6. The van der Waals surface area contributed by atoms with E-state index in [0.717, 1.165) is 5.69 Å². The second-order valence-corrected chi connectivity index (χ2v) is 8.06. The Morgan fingerprint density at radius 2 is 1.96 bits per heavy atom. The van der Waals surface area contributed by atoms with E-state index in [0.29, 0.717) is 32.7 Å². The van der Waals surface area contributed by atoms with Gasteiger partial charge in [-0.3, -0.25) is 0 Å². The first-order valence-corrected chi connectivity index (χ1v) is 9.95. The minimum Gasteiger partial charge on any atom is -0.369 e. The van der Waals surface area contributed by atoms with Gasteiger partial charge in [0.25, 0.3) is 0 Å². The molecular weight excluding hydrogens is 340 g/mol. The summed E-state index contributed by atoms with van der Waals surface area (Å²) < 4.78 is 26.3. The van der Waals surface area contributed by atoms with Gasteiger partial charge in [0.15, 0.2) is 0 Å². The van der Waals surface area contributed by atoms with Gasteiger partial charge in [-0.1, -0.05) is 18.2 Å². The van der Waals surface area contributed by atoms with Gasteiger partial charge in [0, 0.05) is 45.0 Å². The lowest BCUT2D eigenvalue weighted by Crippen LogP contribution is -2.50. The van der Waals surface area contributed by atoms with Crippen LogP contribution in [0, 0.1) is 6.92 Å². The number of benzene rings is 1. The molecule has 2 amide bonds. The van der Waals surface area contributed by atoms with Crippen LogP contribution in [-0.2, 0) is 10.0 Å². The van der Waals surface area contributed by atoms with E-state index in [1.165, 1.54) is 9.87 Å². The van der Waals surface area contributed by atoms with Crippen LogP contribution < -0.4 is 15.5 Å². The molecule has 1 aliphatic heterocycles. The Balaban J connectivity index is 1.80. The van der Waals surface area contributed by atoms with Crippen molar-refractivity contribution in [2.75, 3.05) is 49.9 Å². The number of carbonyl (C=O) groups is 1. The third-order valence-corrected chi connectivity index (χ3v) is 5.92. The van der Waals surface area contributed by atoms with Crippen LogP contribution in [0.1, 0.15) is 5.56 Å². The summed E-state index contributed by atoms with van der Waals surface area (Å²) in [6.07, 6.45) is 1.56. The second-order valence-electron chi connectivity index (χ2n) is 5.97. The standard InChI is InChI=1S/C17H26N4O3S/c1-3-7-18-17(22)19-8-13-25(23,24)21-11-9-20(10-12-21)16-6-4-5-15(2)14-16/h3-6,14H,1,7-13H2,2H3,(H2,18,19,22). The minimum atomic E-state index is -3.37. The third-order valence-electron chi connectivity index (χ3n) is 4.05. The summed E-state index contributed by atoms with van der Waals surface area (Å²) in [6, 6.07) is 7.82. The highest BCUT2D eigenvalue weighted by molar-refractivity contribution is 7.89. The van der Waals surface area contributed by atoms with Gasteiger partial charge in [0.2, 0.25) is 10.0 Å². The molecule has 0 spiro atoms. The molecule has 1 aromatic carbocycles. The highest BCUT2D eigenvalue weighted by atomic mass is 32.2. The van der Waals surface area contributed by atoms with Gasteiger partial charge in [-0.05, 0) is 24.6 Å². The predicted octanol–water partition coefficient (Wildman–Crippen LogP) is 0.932. The number of nitrogens with one attached hydrogen (secondary N) is 2. The van der Waals surface area contributed by atoms with Crippen LogP contribution in [0.2, 0.25) is 0 Å². The molecule has 7 nitrogen and oxygen atoms in total. The fourth-order valence-corrected chi connectivity index (χ4v) is 4.04. The van der Waals surface area contributed by atoms with Crippen LogP contribution in [0.15, 0.2) is 36.9 Å². The van der Waals surface area contributed by atoms with Crippen molar-refractivity contribution in [3.05, 3.63) is 42.5 Å². The molecule has 2 rings (SSSR count). The maximum absolute atomic E-state index is 12.4. The van der Waals surface area contributed by atoms with Crippen LogP contribution in [0.4, 0.5) is 10.5 Å². The average molecular weight is 366 g/mol. The Bertz CT molecular complexity index is 698. The molecule has 0 unspecified atom stereocenters. The minimum absolute atomic E-state index is 0.0867. The van der Waals surface area contributed by atoms with E-state index in [1.807, 2.05) is 25.1 Å². The molecule has 0 aliphatic carbocycles. The fraction of sp³-hybridized carbons (Fsp3) is 0.471. The van der Waals surface area contributed by atoms with Crippen LogP contribution in [-0.4, -0.2) is 63.8 Å². The summed E-state index contributed by atoms with van der Waals surface area (Å²) >= 11 is 0. The fourth-order valence-electron chi connectivity index (χ4n) is 2.70. The topological polar surface area (TPSA) is 81.8 Å². The molecule has 138 valence electrons. The number of anilines is 1. The van der Waals surface area contributed by atoms with Crippen molar-refractivity contribution in [2.45, 2.75) is 6.92 Å². The van der Waals surface area contributed by atoms with Gasteiger partial charge in [-0.2, -0.15) is 4.31 Å². The summed E-state index contributed by atoms with van der Waals surface area (Å²) in [5, 5.41) is 5.08. The molecule has 1 saturated heterocycles. The van der Waals surface area contributed by atoms with Crippen molar-refractivity contribution in [3.8, 4) is 0 Å². The number of nitrogens with zero attached hydrogens (tertiary/aromatic N) is 2. The zero-order chi connectivity index (χ0) is 18.3. The highest BCUT2D eigenvalue weighted by Crippen LogP contribution is 2.18. The SMILES string of the molecule is C=CCNC(=O)NCCS(=O)(=O)N1CCN(c2cccc(C)c2)CC1. The number of rotatable bonds is 7. The molecule has 2 N–H and O–H groups in total. The molecule has 1 aromatic rings. The second kappa shape index (κ2) is 8.87.